The van der Waals surface area contributed by atoms with Crippen LogP contribution in [0.2, 0.25) is 0 Å². The molecule has 2 aromatic rings. The lowest BCUT2D eigenvalue weighted by Crippen LogP contribution is -2.45. The first-order valence-electron chi connectivity index (χ1n) is 8.77. The maximum absolute atomic E-state index is 12.8. The fraction of sp³-hybridized carbons (Fsp3) is 0.389. The molecular weight excluding hydrogens is 426 g/mol. The Hall–Kier alpha value is -2.24. The Kier molecular flexibility index (Phi) is 6.70. The molecule has 0 bridgehead atoms. The molecule has 0 aliphatic carbocycles. The molecule has 3 rings (SSSR count). The monoisotopic (exact) mass is 446 g/mol. The first-order valence-corrected chi connectivity index (χ1v) is 11.1. The third-order valence-corrected chi connectivity index (χ3v) is 7.76. The van der Waals surface area contributed by atoms with E-state index in [1.807, 2.05) is 0 Å². The number of alkyl halides is 2. The second-order valence-corrected chi connectivity index (χ2v) is 9.35. The molecule has 2 heterocycles. The minimum absolute atomic E-state index is 0.0335. The van der Waals surface area contributed by atoms with E-state index in [4.69, 9.17) is 4.74 Å². The highest BCUT2D eigenvalue weighted by atomic mass is 32.2. The molecule has 0 radical (unpaired) electrons. The van der Waals surface area contributed by atoms with Crippen molar-refractivity contribution in [2.24, 2.45) is 0 Å². The number of rotatable bonds is 8. The zero-order valence-corrected chi connectivity index (χ0v) is 17.1. The summed E-state index contributed by atoms with van der Waals surface area (Å²) >= 11 is 1.10. The van der Waals surface area contributed by atoms with E-state index in [-0.39, 0.29) is 28.8 Å². The first-order chi connectivity index (χ1) is 13.8. The molecule has 1 aliphatic rings. The Morgan fingerprint density at radius 2 is 2.14 bits per heavy atom. The number of nitrogens with one attached hydrogen (secondary N) is 1. The number of thiophene rings is 1. The van der Waals surface area contributed by atoms with Crippen molar-refractivity contribution >= 4 is 27.3 Å². The van der Waals surface area contributed by atoms with E-state index in [0.717, 1.165) is 11.3 Å². The standard InChI is InChI=1S/C18H20F2N2O5S2/c1-26-14-7-6-12(10-15(14)27-18(19)20)11-21-17(23)13-4-2-8-22(13)29(24,25)16-5-3-9-28-16/h3,5-7,9-10,13,18H,2,4,8,11H2,1H3,(H,21,23)/t13-/m0/s1. The number of benzene rings is 1. The highest BCUT2D eigenvalue weighted by Gasteiger charge is 2.39. The van der Waals surface area contributed by atoms with E-state index in [2.05, 4.69) is 10.1 Å². The Labute approximate surface area is 171 Å². The van der Waals surface area contributed by atoms with Crippen molar-refractivity contribution in [2.45, 2.75) is 36.2 Å². The molecule has 11 heteroatoms. The molecule has 0 spiro atoms. The van der Waals surface area contributed by atoms with Gasteiger partial charge in [-0.1, -0.05) is 12.1 Å². The van der Waals surface area contributed by atoms with Gasteiger partial charge in [-0.3, -0.25) is 4.79 Å². The van der Waals surface area contributed by atoms with Crippen molar-refractivity contribution < 1.29 is 31.5 Å². The highest BCUT2D eigenvalue weighted by molar-refractivity contribution is 7.91. The van der Waals surface area contributed by atoms with Gasteiger partial charge in [0.1, 0.15) is 10.3 Å². The topological polar surface area (TPSA) is 84.9 Å². The number of ether oxygens (including phenoxy) is 2. The van der Waals surface area contributed by atoms with Gasteiger partial charge >= 0.3 is 6.61 Å². The molecule has 1 aliphatic heterocycles. The van der Waals surface area contributed by atoms with Crippen molar-refractivity contribution in [1.29, 1.82) is 0 Å². The molecule has 7 nitrogen and oxygen atoms in total. The molecule has 1 amide bonds. The van der Waals surface area contributed by atoms with E-state index < -0.39 is 28.6 Å². The molecule has 1 aromatic carbocycles. The van der Waals surface area contributed by atoms with Crippen LogP contribution in [-0.2, 0) is 21.4 Å². The summed E-state index contributed by atoms with van der Waals surface area (Å²) in [5, 5.41) is 4.35. The average molecular weight is 446 g/mol. The number of nitrogens with zero attached hydrogens (tertiary/aromatic N) is 1. The summed E-state index contributed by atoms with van der Waals surface area (Å²) in [6, 6.07) is 6.76. The molecule has 158 valence electrons. The van der Waals surface area contributed by atoms with Crippen LogP contribution in [0.25, 0.3) is 0 Å². The van der Waals surface area contributed by atoms with E-state index in [9.17, 15) is 22.0 Å². The molecule has 1 aromatic heterocycles. The molecule has 1 atom stereocenters. The first kappa shape index (κ1) is 21.5. The van der Waals surface area contributed by atoms with Gasteiger partial charge in [-0.05, 0) is 42.0 Å². The van der Waals surface area contributed by atoms with Gasteiger partial charge in [-0.15, -0.1) is 11.3 Å². The summed E-state index contributed by atoms with van der Waals surface area (Å²) in [5.41, 5.74) is 0.514. The number of hydrogen-bond acceptors (Lipinski definition) is 6. The van der Waals surface area contributed by atoms with E-state index in [1.165, 1.54) is 29.6 Å². The van der Waals surface area contributed by atoms with Crippen LogP contribution >= 0.6 is 11.3 Å². The molecular formula is C18H20F2N2O5S2. The van der Waals surface area contributed by atoms with Gasteiger partial charge in [0, 0.05) is 13.1 Å². The summed E-state index contributed by atoms with van der Waals surface area (Å²) in [7, 11) is -2.40. The fourth-order valence-corrected chi connectivity index (χ4v) is 5.92. The number of carbonyl (C=O) groups excluding carboxylic acids is 1. The van der Waals surface area contributed by atoms with Gasteiger partial charge in [-0.25, -0.2) is 8.42 Å². The molecule has 0 saturated carbocycles. The summed E-state index contributed by atoms with van der Waals surface area (Å²) in [6.07, 6.45) is 0.996. The maximum atomic E-state index is 12.8. The predicted octanol–water partition coefficient (Wildman–Crippen LogP) is 2.83. The number of methoxy groups -OCH3 is 1. The van der Waals surface area contributed by atoms with Crippen molar-refractivity contribution in [3.05, 3.63) is 41.3 Å². The smallest absolute Gasteiger partial charge is 0.387 e. The predicted molar refractivity (Wildman–Crippen MR) is 103 cm³/mol. The zero-order chi connectivity index (χ0) is 21.0. The van der Waals surface area contributed by atoms with Gasteiger partial charge in [-0.2, -0.15) is 13.1 Å². The minimum Gasteiger partial charge on any atom is -0.493 e. The minimum atomic E-state index is -3.73. The number of amides is 1. The van der Waals surface area contributed by atoms with Crippen LogP contribution < -0.4 is 14.8 Å². The fourth-order valence-electron chi connectivity index (χ4n) is 3.14. The van der Waals surface area contributed by atoms with Crippen LogP contribution in [0, 0.1) is 0 Å². The van der Waals surface area contributed by atoms with Crippen LogP contribution in [0.4, 0.5) is 8.78 Å². The van der Waals surface area contributed by atoms with Crippen LogP contribution in [0.5, 0.6) is 11.5 Å². The SMILES string of the molecule is COc1ccc(CNC(=O)[C@@H]2CCCN2S(=O)(=O)c2cccs2)cc1OC(F)F. The molecule has 29 heavy (non-hydrogen) atoms. The number of carbonyl (C=O) groups is 1. The Morgan fingerprint density at radius 1 is 1.34 bits per heavy atom. The van der Waals surface area contributed by atoms with Crippen molar-refractivity contribution in [3.8, 4) is 11.5 Å². The van der Waals surface area contributed by atoms with Gasteiger partial charge in [0.2, 0.25) is 5.91 Å². The second-order valence-electron chi connectivity index (χ2n) is 6.29. The summed E-state index contributed by atoms with van der Waals surface area (Å²) in [4.78, 5) is 12.6. The van der Waals surface area contributed by atoms with Crippen molar-refractivity contribution in [3.63, 3.8) is 0 Å². The quantitative estimate of drug-likeness (QED) is 0.674. The zero-order valence-electron chi connectivity index (χ0n) is 15.5. The van der Waals surface area contributed by atoms with E-state index in [1.54, 1.807) is 17.5 Å². The van der Waals surface area contributed by atoms with Crippen LogP contribution in [0.1, 0.15) is 18.4 Å². The van der Waals surface area contributed by atoms with Crippen molar-refractivity contribution in [2.75, 3.05) is 13.7 Å². The maximum Gasteiger partial charge on any atom is 0.387 e. The normalized spacial score (nSPS) is 17.4. The molecule has 1 N–H and O–H groups in total. The lowest BCUT2D eigenvalue weighted by Gasteiger charge is -2.22. The second kappa shape index (κ2) is 9.06. The largest absolute Gasteiger partial charge is 0.493 e. The van der Waals surface area contributed by atoms with Gasteiger partial charge < -0.3 is 14.8 Å². The van der Waals surface area contributed by atoms with Gasteiger partial charge in [0.25, 0.3) is 10.0 Å². The van der Waals surface area contributed by atoms with Crippen LogP contribution in [0.15, 0.2) is 39.9 Å². The van der Waals surface area contributed by atoms with Gasteiger partial charge in [0.15, 0.2) is 11.5 Å². The third kappa shape index (κ3) is 4.85. The van der Waals surface area contributed by atoms with Crippen LogP contribution in [-0.4, -0.2) is 44.9 Å². The lowest BCUT2D eigenvalue weighted by atomic mass is 10.1. The Bertz CT molecular complexity index is 951. The number of sulfonamides is 1. The van der Waals surface area contributed by atoms with Gasteiger partial charge in [0.05, 0.1) is 7.11 Å². The third-order valence-electron chi connectivity index (χ3n) is 4.48. The lowest BCUT2D eigenvalue weighted by molar-refractivity contribution is -0.124. The highest BCUT2D eigenvalue weighted by Crippen LogP contribution is 2.30. The molecule has 0 unspecified atom stereocenters. The summed E-state index contributed by atoms with van der Waals surface area (Å²) < 4.78 is 61.4. The average Bonchev–Trinajstić information content (AvgIpc) is 3.38. The van der Waals surface area contributed by atoms with Crippen molar-refractivity contribution in [1.82, 2.24) is 9.62 Å². The van der Waals surface area contributed by atoms with E-state index in [0.29, 0.717) is 18.4 Å². The van der Waals surface area contributed by atoms with E-state index >= 15 is 0 Å². The Balaban J connectivity index is 1.69. The van der Waals surface area contributed by atoms with Crippen LogP contribution in [0.3, 0.4) is 0 Å². The number of hydrogen-bond donors (Lipinski definition) is 1. The molecule has 1 saturated heterocycles. The summed E-state index contributed by atoms with van der Waals surface area (Å²) in [6.45, 7) is -2.71. The Morgan fingerprint density at radius 3 is 2.79 bits per heavy atom. The number of halogens is 2. The summed E-state index contributed by atoms with van der Waals surface area (Å²) in [5.74, 6) is -0.434. The molecule has 1 fully saturated rings.